The van der Waals surface area contributed by atoms with Gasteiger partial charge >= 0.3 is 0 Å². The van der Waals surface area contributed by atoms with Crippen molar-refractivity contribution in [1.29, 1.82) is 0 Å². The molecule has 0 fully saturated rings. The molecule has 0 atom stereocenters. The minimum Gasteiger partial charge on any atom is -0.361 e. The first-order chi connectivity index (χ1) is 11.7. The summed E-state index contributed by atoms with van der Waals surface area (Å²) in [6, 6.07) is 6.02. The molecule has 2 aromatic heterocycles. The molecular formula is C18H27N5O. The minimum absolute atomic E-state index is 0.562. The summed E-state index contributed by atoms with van der Waals surface area (Å²) >= 11 is 0. The van der Waals surface area contributed by atoms with Gasteiger partial charge in [-0.2, -0.15) is 0 Å². The molecule has 2 rings (SSSR count). The van der Waals surface area contributed by atoms with Gasteiger partial charge in [0.2, 0.25) is 0 Å². The molecule has 6 nitrogen and oxygen atoms in total. The third-order valence-corrected chi connectivity index (χ3v) is 3.73. The molecule has 0 aliphatic heterocycles. The van der Waals surface area contributed by atoms with Crippen molar-refractivity contribution in [2.75, 3.05) is 6.54 Å². The van der Waals surface area contributed by atoms with E-state index in [1.165, 1.54) is 0 Å². The number of pyridine rings is 1. The van der Waals surface area contributed by atoms with E-state index in [9.17, 15) is 0 Å². The fourth-order valence-corrected chi connectivity index (χ4v) is 2.49. The van der Waals surface area contributed by atoms with Crippen LogP contribution in [0.15, 0.2) is 27.7 Å². The van der Waals surface area contributed by atoms with Crippen molar-refractivity contribution >= 4 is 5.96 Å². The first kappa shape index (κ1) is 18.0. The molecule has 0 radical (unpaired) electrons. The predicted molar refractivity (Wildman–Crippen MR) is 95.9 cm³/mol. The predicted octanol–water partition coefficient (Wildman–Crippen LogP) is 2.76. The lowest BCUT2D eigenvalue weighted by molar-refractivity contribution is 0.380. The second-order valence-electron chi connectivity index (χ2n) is 5.56. The van der Waals surface area contributed by atoms with E-state index in [0.717, 1.165) is 53.8 Å². The molecule has 24 heavy (non-hydrogen) atoms. The third-order valence-electron chi connectivity index (χ3n) is 3.73. The van der Waals surface area contributed by atoms with Gasteiger partial charge in [-0.3, -0.25) is 4.98 Å². The molecule has 2 heterocycles. The Hall–Kier alpha value is -2.37. The normalized spacial score (nSPS) is 11.6. The number of guanidine groups is 1. The van der Waals surface area contributed by atoms with Gasteiger partial charge in [0.05, 0.1) is 24.5 Å². The first-order valence-electron chi connectivity index (χ1n) is 8.58. The van der Waals surface area contributed by atoms with Crippen LogP contribution in [-0.4, -0.2) is 22.6 Å². The lowest BCUT2D eigenvalue weighted by Crippen LogP contribution is -2.37. The fraction of sp³-hybridized carbons (Fsp3) is 0.500. The number of aryl methyl sites for hydroxylation is 3. The maximum atomic E-state index is 5.40. The molecule has 0 aromatic carbocycles. The number of rotatable bonds is 7. The highest BCUT2D eigenvalue weighted by molar-refractivity contribution is 5.79. The number of hydrogen-bond acceptors (Lipinski definition) is 4. The van der Waals surface area contributed by atoms with E-state index in [0.29, 0.717) is 13.1 Å². The average Bonchev–Trinajstić information content (AvgIpc) is 2.99. The van der Waals surface area contributed by atoms with E-state index in [4.69, 9.17) is 4.52 Å². The van der Waals surface area contributed by atoms with E-state index in [-0.39, 0.29) is 0 Å². The van der Waals surface area contributed by atoms with Crippen LogP contribution in [0, 0.1) is 6.92 Å². The van der Waals surface area contributed by atoms with Gasteiger partial charge in [0, 0.05) is 24.2 Å². The van der Waals surface area contributed by atoms with Gasteiger partial charge < -0.3 is 15.2 Å². The standard InChI is InChI=1S/C18H27N5O/c1-5-16-15(17(6-2)24-23-16)12-21-18(19-7-3)20-11-14-10-8-9-13(4)22-14/h8-10H,5-7,11-12H2,1-4H3,(H2,19,20,21). The van der Waals surface area contributed by atoms with Crippen LogP contribution in [0.5, 0.6) is 0 Å². The zero-order valence-electron chi connectivity index (χ0n) is 15.0. The quantitative estimate of drug-likeness (QED) is 0.603. The monoisotopic (exact) mass is 329 g/mol. The van der Waals surface area contributed by atoms with E-state index < -0.39 is 0 Å². The summed E-state index contributed by atoms with van der Waals surface area (Å²) in [5.41, 5.74) is 4.10. The number of aromatic nitrogens is 2. The number of aliphatic imine (C=N–C) groups is 1. The van der Waals surface area contributed by atoms with Crippen LogP contribution < -0.4 is 10.6 Å². The number of hydrogen-bond donors (Lipinski definition) is 2. The second-order valence-corrected chi connectivity index (χ2v) is 5.56. The van der Waals surface area contributed by atoms with E-state index in [2.05, 4.69) is 46.5 Å². The Labute approximate surface area is 143 Å². The summed E-state index contributed by atoms with van der Waals surface area (Å²) in [6.45, 7) is 10.2. The van der Waals surface area contributed by atoms with Crippen LogP contribution in [0.25, 0.3) is 0 Å². The highest BCUT2D eigenvalue weighted by atomic mass is 16.5. The van der Waals surface area contributed by atoms with Crippen LogP contribution in [-0.2, 0) is 25.9 Å². The Bertz CT molecular complexity index is 656. The molecule has 0 amide bonds. The maximum Gasteiger partial charge on any atom is 0.191 e. The molecule has 0 unspecified atom stereocenters. The van der Waals surface area contributed by atoms with Gasteiger partial charge in [-0.15, -0.1) is 0 Å². The molecular weight excluding hydrogens is 302 g/mol. The Kier molecular flexibility index (Phi) is 6.78. The van der Waals surface area contributed by atoms with Gasteiger partial charge in [-0.1, -0.05) is 25.1 Å². The second kappa shape index (κ2) is 9.05. The molecule has 0 saturated heterocycles. The topological polar surface area (TPSA) is 75.3 Å². The van der Waals surface area contributed by atoms with Gasteiger partial charge in [-0.25, -0.2) is 4.99 Å². The molecule has 0 spiro atoms. The lowest BCUT2D eigenvalue weighted by atomic mass is 10.1. The number of nitrogens with zero attached hydrogens (tertiary/aromatic N) is 3. The zero-order valence-corrected chi connectivity index (χ0v) is 15.0. The van der Waals surface area contributed by atoms with Crippen LogP contribution in [0.2, 0.25) is 0 Å². The summed E-state index contributed by atoms with van der Waals surface area (Å²) in [5, 5.41) is 10.7. The summed E-state index contributed by atoms with van der Waals surface area (Å²) in [5.74, 6) is 1.69. The van der Waals surface area contributed by atoms with Crippen molar-refractivity contribution in [3.8, 4) is 0 Å². The van der Waals surface area contributed by atoms with Crippen molar-refractivity contribution in [1.82, 2.24) is 20.8 Å². The van der Waals surface area contributed by atoms with Crippen molar-refractivity contribution in [2.45, 2.75) is 53.6 Å². The van der Waals surface area contributed by atoms with Crippen molar-refractivity contribution < 1.29 is 4.52 Å². The maximum absolute atomic E-state index is 5.40. The van der Waals surface area contributed by atoms with E-state index >= 15 is 0 Å². The Morgan fingerprint density at radius 2 is 2.00 bits per heavy atom. The third kappa shape index (κ3) is 4.81. The van der Waals surface area contributed by atoms with Crippen LogP contribution in [0.1, 0.15) is 49.2 Å². The summed E-state index contributed by atoms with van der Waals surface area (Å²) in [4.78, 5) is 9.18. The van der Waals surface area contributed by atoms with Crippen molar-refractivity contribution in [2.24, 2.45) is 4.99 Å². The van der Waals surface area contributed by atoms with Gasteiger partial charge in [-0.05, 0) is 32.4 Å². The molecule has 0 bridgehead atoms. The largest absolute Gasteiger partial charge is 0.361 e. The van der Waals surface area contributed by atoms with Crippen LogP contribution >= 0.6 is 0 Å². The van der Waals surface area contributed by atoms with E-state index in [1.54, 1.807) is 0 Å². The average molecular weight is 329 g/mol. The molecule has 0 saturated carbocycles. The first-order valence-corrected chi connectivity index (χ1v) is 8.58. The highest BCUT2D eigenvalue weighted by Gasteiger charge is 2.13. The van der Waals surface area contributed by atoms with E-state index in [1.807, 2.05) is 25.1 Å². The fourth-order valence-electron chi connectivity index (χ4n) is 2.49. The lowest BCUT2D eigenvalue weighted by Gasteiger charge is -2.11. The van der Waals surface area contributed by atoms with Gasteiger partial charge in [0.1, 0.15) is 5.76 Å². The van der Waals surface area contributed by atoms with Crippen molar-refractivity contribution in [3.05, 3.63) is 46.6 Å². The Balaban J connectivity index is 2.06. The molecule has 6 heteroatoms. The van der Waals surface area contributed by atoms with Crippen molar-refractivity contribution in [3.63, 3.8) is 0 Å². The molecule has 0 aliphatic rings. The number of nitrogens with one attached hydrogen (secondary N) is 2. The highest BCUT2D eigenvalue weighted by Crippen LogP contribution is 2.16. The van der Waals surface area contributed by atoms with Crippen LogP contribution in [0.4, 0.5) is 0 Å². The Morgan fingerprint density at radius 3 is 2.67 bits per heavy atom. The molecule has 0 aliphatic carbocycles. The zero-order chi connectivity index (χ0) is 17.4. The van der Waals surface area contributed by atoms with Gasteiger partial charge in [0.15, 0.2) is 5.96 Å². The summed E-state index contributed by atoms with van der Waals surface area (Å²) in [6.07, 6.45) is 1.68. The summed E-state index contributed by atoms with van der Waals surface area (Å²) < 4.78 is 5.40. The Morgan fingerprint density at radius 1 is 1.17 bits per heavy atom. The smallest absolute Gasteiger partial charge is 0.191 e. The molecule has 2 N–H and O–H groups in total. The minimum atomic E-state index is 0.562. The summed E-state index contributed by atoms with van der Waals surface area (Å²) in [7, 11) is 0. The SMILES string of the molecule is CCNC(=NCc1c(CC)noc1CC)NCc1cccc(C)n1. The molecule has 130 valence electrons. The molecule has 2 aromatic rings. The van der Waals surface area contributed by atoms with Gasteiger partial charge in [0.25, 0.3) is 0 Å². The van der Waals surface area contributed by atoms with Crippen LogP contribution in [0.3, 0.4) is 0 Å².